The van der Waals surface area contributed by atoms with Crippen molar-refractivity contribution in [3.05, 3.63) is 34.7 Å². The van der Waals surface area contributed by atoms with Crippen molar-refractivity contribution in [1.82, 2.24) is 0 Å². The maximum absolute atomic E-state index is 11.2. The Labute approximate surface area is 96.7 Å². The first-order valence-corrected chi connectivity index (χ1v) is 7.40. The van der Waals surface area contributed by atoms with E-state index in [2.05, 4.69) is 10.6 Å². The molecule has 0 aliphatic carbocycles. The summed E-state index contributed by atoms with van der Waals surface area (Å²) in [5.41, 5.74) is 1.27. The van der Waals surface area contributed by atoms with Gasteiger partial charge in [0, 0.05) is 22.8 Å². The molecule has 0 saturated carbocycles. The van der Waals surface area contributed by atoms with Crippen molar-refractivity contribution in [1.29, 1.82) is 0 Å². The SMILES string of the molecule is O=CCCCS1(N=O)CCc2ccccc21. The highest BCUT2D eigenvalue weighted by atomic mass is 32.3. The van der Waals surface area contributed by atoms with E-state index < -0.39 is 10.2 Å². The number of aryl methyl sites for hydroxylation is 1. The summed E-state index contributed by atoms with van der Waals surface area (Å²) >= 11 is 0. The molecule has 0 bridgehead atoms. The van der Waals surface area contributed by atoms with E-state index in [1.165, 1.54) is 5.56 Å². The molecule has 1 aliphatic rings. The van der Waals surface area contributed by atoms with Gasteiger partial charge in [-0.05, 0) is 29.1 Å². The van der Waals surface area contributed by atoms with Crippen molar-refractivity contribution in [2.75, 3.05) is 11.5 Å². The summed E-state index contributed by atoms with van der Waals surface area (Å²) in [7, 11) is -1.52. The van der Waals surface area contributed by atoms with Gasteiger partial charge < -0.3 is 4.79 Å². The Morgan fingerprint density at radius 3 is 2.94 bits per heavy atom. The Morgan fingerprint density at radius 1 is 1.38 bits per heavy atom. The Morgan fingerprint density at radius 2 is 2.19 bits per heavy atom. The lowest BCUT2D eigenvalue weighted by molar-refractivity contribution is -0.107. The molecule has 0 fully saturated rings. The Bertz CT molecular complexity index is 408. The molecular weight excluding hydrogens is 222 g/mol. The highest BCUT2D eigenvalue weighted by Gasteiger charge is 2.34. The van der Waals surface area contributed by atoms with Crippen molar-refractivity contribution in [3.63, 3.8) is 0 Å². The molecule has 86 valence electrons. The van der Waals surface area contributed by atoms with Gasteiger partial charge in [-0.1, -0.05) is 28.4 Å². The number of hydrogen-bond acceptors (Lipinski definition) is 3. The molecule has 4 heteroatoms. The van der Waals surface area contributed by atoms with Crippen LogP contribution in [0.4, 0.5) is 0 Å². The number of carbonyl (C=O) groups is 1. The molecule has 16 heavy (non-hydrogen) atoms. The summed E-state index contributed by atoms with van der Waals surface area (Å²) in [6, 6.07) is 8.08. The first-order chi connectivity index (χ1) is 7.82. The average molecular weight is 237 g/mol. The van der Waals surface area contributed by atoms with Crippen LogP contribution in [0.25, 0.3) is 0 Å². The fourth-order valence-electron chi connectivity index (χ4n) is 2.20. The molecule has 0 N–H and O–H groups in total. The van der Waals surface area contributed by atoms with Crippen LogP contribution >= 0.6 is 10.2 Å². The minimum absolute atomic E-state index is 0.534. The van der Waals surface area contributed by atoms with Crippen LogP contribution in [-0.4, -0.2) is 17.8 Å². The second-order valence-corrected chi connectivity index (χ2v) is 7.08. The van der Waals surface area contributed by atoms with Crippen LogP contribution in [0.5, 0.6) is 0 Å². The number of nitrogens with zero attached hydrogens (tertiary/aromatic N) is 1. The molecule has 0 spiro atoms. The number of fused-ring (bicyclic) bond motifs is 1. The van der Waals surface area contributed by atoms with Gasteiger partial charge in [0.15, 0.2) is 0 Å². The lowest BCUT2D eigenvalue weighted by Gasteiger charge is -2.27. The van der Waals surface area contributed by atoms with Gasteiger partial charge in [0.05, 0.1) is 0 Å². The standard InChI is InChI=1S/C12H15NO2S/c14-8-3-4-9-16(13-15)10-7-11-5-1-2-6-12(11)16/h1-2,5-6,8H,3-4,7,9-10H2. The first-order valence-electron chi connectivity index (χ1n) is 5.47. The Balaban J connectivity index is 2.23. The van der Waals surface area contributed by atoms with Crippen LogP contribution in [-0.2, 0) is 11.2 Å². The topological polar surface area (TPSA) is 46.5 Å². The number of rotatable bonds is 5. The van der Waals surface area contributed by atoms with Gasteiger partial charge in [-0.2, -0.15) is 0 Å². The summed E-state index contributed by atoms with van der Waals surface area (Å²) in [4.78, 5) is 22.7. The van der Waals surface area contributed by atoms with Gasteiger partial charge in [-0.15, -0.1) is 4.91 Å². The van der Waals surface area contributed by atoms with Gasteiger partial charge in [0.2, 0.25) is 0 Å². The largest absolute Gasteiger partial charge is 0.303 e. The smallest absolute Gasteiger partial charge is 0.120 e. The molecule has 0 amide bonds. The van der Waals surface area contributed by atoms with Crippen molar-refractivity contribution < 1.29 is 4.79 Å². The second-order valence-electron chi connectivity index (χ2n) is 3.99. The van der Waals surface area contributed by atoms with Crippen LogP contribution in [0, 0.1) is 4.91 Å². The lowest BCUT2D eigenvalue weighted by Crippen LogP contribution is -2.03. The molecule has 1 aromatic rings. The predicted octanol–water partition coefficient (Wildman–Crippen LogP) is 3.07. The minimum Gasteiger partial charge on any atom is -0.303 e. The van der Waals surface area contributed by atoms with Crippen LogP contribution in [0.1, 0.15) is 18.4 Å². The molecule has 1 unspecified atom stereocenters. The number of carbonyl (C=O) groups excluding carboxylic acids is 1. The van der Waals surface area contributed by atoms with Crippen LogP contribution < -0.4 is 0 Å². The molecular formula is C12H15NO2S. The molecule has 0 aromatic heterocycles. The van der Waals surface area contributed by atoms with Crippen LogP contribution in [0.2, 0.25) is 0 Å². The molecule has 0 radical (unpaired) electrons. The number of benzene rings is 1. The van der Waals surface area contributed by atoms with Crippen molar-refractivity contribution in [2.45, 2.75) is 24.2 Å². The van der Waals surface area contributed by atoms with Crippen molar-refractivity contribution in [2.24, 2.45) is 4.58 Å². The third kappa shape index (κ3) is 1.89. The van der Waals surface area contributed by atoms with Gasteiger partial charge in [-0.25, -0.2) is 0 Å². The van der Waals surface area contributed by atoms with E-state index in [-0.39, 0.29) is 0 Å². The zero-order valence-corrected chi connectivity index (χ0v) is 9.91. The monoisotopic (exact) mass is 237 g/mol. The number of unbranched alkanes of at least 4 members (excludes halogenated alkanes) is 1. The number of nitroso groups, excluding NO2 is 1. The molecule has 1 aliphatic heterocycles. The summed E-state index contributed by atoms with van der Waals surface area (Å²) in [6.45, 7) is 0. The molecule has 1 aromatic carbocycles. The van der Waals surface area contributed by atoms with E-state index in [4.69, 9.17) is 0 Å². The third-order valence-electron chi connectivity index (χ3n) is 3.04. The predicted molar refractivity (Wildman–Crippen MR) is 66.8 cm³/mol. The third-order valence-corrected chi connectivity index (χ3v) is 6.38. The zero-order chi connectivity index (χ0) is 11.4. The molecule has 3 nitrogen and oxygen atoms in total. The highest BCUT2D eigenvalue weighted by Crippen LogP contribution is 2.62. The molecule has 1 atom stereocenters. The molecule has 0 saturated heterocycles. The molecule has 2 rings (SSSR count). The van der Waals surface area contributed by atoms with E-state index in [0.717, 1.165) is 35.5 Å². The fourth-order valence-corrected chi connectivity index (χ4v) is 5.27. The normalized spacial score (nSPS) is 26.8. The van der Waals surface area contributed by atoms with E-state index in [9.17, 15) is 9.70 Å². The number of aldehydes is 1. The fraction of sp³-hybridized carbons (Fsp3) is 0.417. The summed E-state index contributed by atoms with van der Waals surface area (Å²) < 4.78 is 3.45. The quantitative estimate of drug-likeness (QED) is 0.449. The van der Waals surface area contributed by atoms with Gasteiger partial charge >= 0.3 is 0 Å². The summed E-state index contributed by atoms with van der Waals surface area (Å²) in [5.74, 6) is 1.64. The minimum atomic E-state index is -1.52. The Hall–Kier alpha value is -1.16. The average Bonchev–Trinajstić information content (AvgIpc) is 2.70. The van der Waals surface area contributed by atoms with Gasteiger partial charge in [-0.3, -0.25) is 0 Å². The first kappa shape index (κ1) is 11.3. The Kier molecular flexibility index (Phi) is 3.39. The summed E-state index contributed by atoms with van der Waals surface area (Å²) in [5, 5.41) is 0. The van der Waals surface area contributed by atoms with E-state index in [0.29, 0.717) is 6.42 Å². The van der Waals surface area contributed by atoms with Crippen molar-refractivity contribution in [3.8, 4) is 0 Å². The van der Waals surface area contributed by atoms with Gasteiger partial charge in [0.25, 0.3) is 0 Å². The second kappa shape index (κ2) is 4.78. The maximum Gasteiger partial charge on any atom is 0.120 e. The van der Waals surface area contributed by atoms with E-state index >= 15 is 0 Å². The number of hydrogen-bond donors (Lipinski definition) is 0. The molecule has 1 heterocycles. The van der Waals surface area contributed by atoms with Gasteiger partial charge in [0.1, 0.15) is 6.29 Å². The highest BCUT2D eigenvalue weighted by molar-refractivity contribution is 8.32. The van der Waals surface area contributed by atoms with E-state index in [1.807, 2.05) is 18.2 Å². The van der Waals surface area contributed by atoms with Crippen LogP contribution in [0.15, 0.2) is 33.7 Å². The zero-order valence-electron chi connectivity index (χ0n) is 9.09. The maximum atomic E-state index is 11.2. The summed E-state index contributed by atoms with van der Waals surface area (Å²) in [6.07, 6.45) is 3.18. The van der Waals surface area contributed by atoms with Crippen molar-refractivity contribution >= 4 is 16.5 Å². The van der Waals surface area contributed by atoms with E-state index in [1.54, 1.807) is 0 Å². The van der Waals surface area contributed by atoms with Crippen LogP contribution in [0.3, 0.4) is 0 Å². The lowest BCUT2D eigenvalue weighted by atomic mass is 10.2.